The van der Waals surface area contributed by atoms with Gasteiger partial charge in [-0.1, -0.05) is 119 Å². The topological polar surface area (TPSA) is 6.48 Å². The molecule has 0 unspecified atom stereocenters. The van der Waals surface area contributed by atoms with Crippen molar-refractivity contribution >= 4 is 78.0 Å². The molecule has 0 radical (unpaired) electrons. The van der Waals surface area contributed by atoms with Gasteiger partial charge >= 0.3 is 0 Å². The van der Waals surface area contributed by atoms with E-state index in [1.807, 2.05) is 11.3 Å². The molecule has 13 rings (SSSR count). The smallest absolute Gasteiger partial charge is 0.264 e. The van der Waals surface area contributed by atoms with Gasteiger partial charge in [0, 0.05) is 43.3 Å². The van der Waals surface area contributed by atoms with E-state index >= 15 is 0 Å². The van der Waals surface area contributed by atoms with Gasteiger partial charge in [0.05, 0.1) is 5.69 Å². The van der Waals surface area contributed by atoms with E-state index < -0.39 is 0 Å². The van der Waals surface area contributed by atoms with E-state index in [1.165, 1.54) is 127 Å². The quantitative estimate of drug-likeness (QED) is 0.164. The molecule has 62 heavy (non-hydrogen) atoms. The molecule has 3 heterocycles. The molecule has 316 valence electrons. The van der Waals surface area contributed by atoms with Gasteiger partial charge in [0.1, 0.15) is 0 Å². The normalized spacial score (nSPS) is 24.2. The van der Waals surface area contributed by atoms with E-state index in [4.69, 9.17) is 0 Å². The van der Waals surface area contributed by atoms with Gasteiger partial charge in [0.2, 0.25) is 0 Å². The largest absolute Gasteiger partial charge is 0.311 e. The predicted molar refractivity (Wildman–Crippen MR) is 269 cm³/mol. The zero-order chi connectivity index (χ0) is 43.1. The standard InChI is InChI=1S/C58H65BN2S/c1-53(2,3)36-16-18-38(19-17-36)61-48-29-37(58-25-22-35(23-26-58)24-27-58)28-47-50(48)59(52-51(61)40-14-12-13-15-49(40)62-52)45-31-43-44(57(10,11)34-56(43,8)9)32-46(45)60(47)39-20-21-41-42(30-39)55(6,7)33-54(41,4)5/h12-21,28-32,35H,22-27,33-34H2,1-11H3. The average molecular weight is 833 g/mol. The highest BCUT2D eigenvalue weighted by atomic mass is 32.1. The minimum atomic E-state index is 0.0796. The minimum absolute atomic E-state index is 0.0796. The lowest BCUT2D eigenvalue weighted by atomic mass is 9.35. The lowest BCUT2D eigenvalue weighted by Gasteiger charge is -2.49. The van der Waals surface area contributed by atoms with Crippen LogP contribution in [0.5, 0.6) is 0 Å². The Hall–Kier alpha value is -4.28. The molecule has 5 aromatic carbocycles. The van der Waals surface area contributed by atoms with Crippen LogP contribution in [0, 0.1) is 5.92 Å². The summed E-state index contributed by atoms with van der Waals surface area (Å²) in [7, 11) is 0. The lowest BCUT2D eigenvalue weighted by Crippen LogP contribution is -2.61. The van der Waals surface area contributed by atoms with E-state index in [-0.39, 0.29) is 39.2 Å². The number of nitrogens with zero attached hydrogens (tertiary/aromatic N) is 2. The molecular formula is C58H65BN2S. The van der Waals surface area contributed by atoms with Crippen molar-refractivity contribution < 1.29 is 0 Å². The van der Waals surface area contributed by atoms with Crippen molar-refractivity contribution in [2.24, 2.45) is 5.92 Å². The molecule has 3 fully saturated rings. The van der Waals surface area contributed by atoms with Crippen LogP contribution in [0.2, 0.25) is 0 Å². The summed E-state index contributed by atoms with van der Waals surface area (Å²) in [6.07, 6.45) is 10.3. The van der Waals surface area contributed by atoms with Crippen molar-refractivity contribution in [3.8, 4) is 0 Å². The summed E-state index contributed by atoms with van der Waals surface area (Å²) in [5, 5.41) is 1.37. The van der Waals surface area contributed by atoms with Crippen molar-refractivity contribution in [2.75, 3.05) is 9.80 Å². The molecule has 2 aliphatic heterocycles. The summed E-state index contributed by atoms with van der Waals surface area (Å²) in [5.74, 6) is 0.909. The van der Waals surface area contributed by atoms with Gasteiger partial charge in [0.25, 0.3) is 6.71 Å². The van der Waals surface area contributed by atoms with Gasteiger partial charge in [-0.2, -0.15) is 0 Å². The summed E-state index contributed by atoms with van der Waals surface area (Å²) in [4.78, 5) is 5.50. The number of thiophene rings is 1. The third kappa shape index (κ3) is 5.40. The summed E-state index contributed by atoms with van der Waals surface area (Å²) in [6, 6.07) is 37.4. The highest BCUT2D eigenvalue weighted by Crippen LogP contribution is 2.58. The molecular weight excluding hydrogens is 768 g/mol. The first-order valence-corrected chi connectivity index (χ1v) is 24.8. The van der Waals surface area contributed by atoms with E-state index in [0.29, 0.717) is 0 Å². The number of fused-ring (bicyclic) bond motifs is 11. The van der Waals surface area contributed by atoms with Gasteiger partial charge in [-0.05, 0) is 183 Å². The molecule has 0 spiro atoms. The van der Waals surface area contributed by atoms with Gasteiger partial charge in [-0.15, -0.1) is 11.3 Å². The Bertz CT molecular complexity index is 2860. The van der Waals surface area contributed by atoms with Crippen molar-refractivity contribution in [2.45, 2.75) is 160 Å². The third-order valence-corrected chi connectivity index (χ3v) is 18.6. The van der Waals surface area contributed by atoms with Crippen molar-refractivity contribution in [3.63, 3.8) is 0 Å². The third-order valence-electron chi connectivity index (χ3n) is 17.3. The van der Waals surface area contributed by atoms with Crippen LogP contribution >= 0.6 is 11.3 Å². The number of benzene rings is 5. The van der Waals surface area contributed by atoms with Gasteiger partial charge < -0.3 is 9.80 Å². The van der Waals surface area contributed by atoms with Crippen molar-refractivity contribution in [1.29, 1.82) is 0 Å². The first kappa shape index (κ1) is 39.3. The number of hydrogen-bond acceptors (Lipinski definition) is 3. The number of hydrogen-bond donors (Lipinski definition) is 0. The zero-order valence-corrected chi connectivity index (χ0v) is 40.1. The van der Waals surface area contributed by atoms with Crippen LogP contribution in [-0.4, -0.2) is 6.71 Å². The summed E-state index contributed by atoms with van der Waals surface area (Å²) in [6.45, 7) is 27.0. The molecule has 0 amide bonds. The summed E-state index contributed by atoms with van der Waals surface area (Å²) < 4.78 is 2.86. The second-order valence-corrected chi connectivity index (χ2v) is 25.6. The lowest BCUT2D eigenvalue weighted by molar-refractivity contribution is 0.136. The molecule has 4 heteroatoms. The molecule has 7 aliphatic rings. The number of rotatable bonds is 3. The second-order valence-electron chi connectivity index (χ2n) is 24.5. The number of anilines is 6. The Kier molecular flexibility index (Phi) is 7.93. The fourth-order valence-corrected chi connectivity index (χ4v) is 16.0. The highest BCUT2D eigenvalue weighted by Gasteiger charge is 2.51. The van der Waals surface area contributed by atoms with Crippen molar-refractivity contribution in [3.05, 3.63) is 124 Å². The Labute approximate surface area is 376 Å². The Morgan fingerprint density at radius 2 is 1.15 bits per heavy atom. The van der Waals surface area contributed by atoms with Crippen LogP contribution in [0.25, 0.3) is 10.1 Å². The van der Waals surface area contributed by atoms with Crippen LogP contribution in [-0.2, 0) is 32.5 Å². The van der Waals surface area contributed by atoms with E-state index in [0.717, 1.165) is 12.3 Å². The van der Waals surface area contributed by atoms with Crippen LogP contribution in [0.3, 0.4) is 0 Å². The fourth-order valence-electron chi connectivity index (χ4n) is 14.7. The second kappa shape index (κ2) is 12.5. The molecule has 6 aromatic rings. The molecule has 3 saturated carbocycles. The zero-order valence-electron chi connectivity index (χ0n) is 39.3. The van der Waals surface area contributed by atoms with Crippen LogP contribution in [0.15, 0.2) is 91.0 Å². The first-order valence-electron chi connectivity index (χ1n) is 24.0. The minimum Gasteiger partial charge on any atom is -0.311 e. The maximum Gasteiger partial charge on any atom is 0.264 e. The van der Waals surface area contributed by atoms with E-state index in [9.17, 15) is 0 Å². The average Bonchev–Trinajstić information content (AvgIpc) is 3.76. The molecule has 5 aliphatic carbocycles. The van der Waals surface area contributed by atoms with Gasteiger partial charge in [-0.25, -0.2) is 0 Å². The highest BCUT2D eigenvalue weighted by molar-refractivity contribution is 7.33. The molecule has 0 atom stereocenters. The maximum atomic E-state index is 2.78. The molecule has 2 bridgehead atoms. The Morgan fingerprint density at radius 1 is 0.581 bits per heavy atom. The molecule has 0 N–H and O–H groups in total. The first-order chi connectivity index (χ1) is 29.3. The molecule has 0 saturated heterocycles. The van der Waals surface area contributed by atoms with E-state index in [1.54, 1.807) is 11.1 Å². The fraction of sp³-hybridized carbons (Fsp3) is 0.448. The molecule has 2 nitrogen and oxygen atoms in total. The van der Waals surface area contributed by atoms with Crippen LogP contribution < -0.4 is 25.5 Å². The molecule has 1 aromatic heterocycles. The SMILES string of the molecule is CC(C)(C)c1ccc(N2c3cc(C45CCC(CC4)CC5)cc4c3B(c3cc5c(cc3N4c3ccc4c(c3)C(C)(C)CC4(C)C)C(C)(C)CC5(C)C)c3sc4ccccc4c32)cc1. The maximum absolute atomic E-state index is 2.78. The summed E-state index contributed by atoms with van der Waals surface area (Å²) >= 11 is 2.04. The summed E-state index contributed by atoms with van der Waals surface area (Å²) in [5.41, 5.74) is 20.9. The van der Waals surface area contributed by atoms with Gasteiger partial charge in [0.15, 0.2) is 0 Å². The van der Waals surface area contributed by atoms with Crippen LogP contribution in [0.1, 0.15) is 161 Å². The monoisotopic (exact) mass is 832 g/mol. The Morgan fingerprint density at radius 3 is 1.79 bits per heavy atom. The predicted octanol–water partition coefficient (Wildman–Crippen LogP) is 14.4. The van der Waals surface area contributed by atoms with Crippen molar-refractivity contribution in [1.82, 2.24) is 0 Å². The van der Waals surface area contributed by atoms with Gasteiger partial charge in [-0.3, -0.25) is 0 Å². The Balaban J connectivity index is 1.21. The van der Waals surface area contributed by atoms with E-state index in [2.05, 4.69) is 177 Å². The van der Waals surface area contributed by atoms with Crippen LogP contribution in [0.4, 0.5) is 34.1 Å².